The number of anilines is 2. The highest BCUT2D eigenvalue weighted by atomic mass is 32.2. The van der Waals surface area contributed by atoms with Gasteiger partial charge in [0.1, 0.15) is 12.4 Å². The lowest BCUT2D eigenvalue weighted by Crippen LogP contribution is -2.15. The van der Waals surface area contributed by atoms with Crippen LogP contribution < -0.4 is 14.8 Å². The summed E-state index contributed by atoms with van der Waals surface area (Å²) < 4.78 is 38.5. The average molecular weight is 441 g/mol. The molecule has 3 rings (SSSR count). The van der Waals surface area contributed by atoms with Crippen LogP contribution in [-0.4, -0.2) is 34.1 Å². The van der Waals surface area contributed by atoms with Gasteiger partial charge in [0, 0.05) is 18.0 Å². The Hall–Kier alpha value is -3.36. The fourth-order valence-corrected chi connectivity index (χ4v) is 3.83. The molecule has 7 nitrogen and oxygen atoms in total. The van der Waals surface area contributed by atoms with Crippen LogP contribution in [0.1, 0.15) is 17.3 Å². The van der Waals surface area contributed by atoms with Crippen molar-refractivity contribution in [2.75, 3.05) is 29.9 Å². The van der Waals surface area contributed by atoms with Gasteiger partial charge in [-0.2, -0.15) is 0 Å². The molecule has 0 unspecified atom stereocenters. The first-order valence-corrected chi connectivity index (χ1v) is 11.3. The molecule has 8 heteroatoms. The largest absolute Gasteiger partial charge is 0.490 e. The minimum absolute atomic E-state index is 0.0917. The van der Waals surface area contributed by atoms with Crippen LogP contribution in [0.3, 0.4) is 0 Å². The molecule has 0 saturated heterocycles. The van der Waals surface area contributed by atoms with Crippen LogP contribution in [0.5, 0.6) is 5.75 Å². The Morgan fingerprint density at radius 2 is 1.52 bits per heavy atom. The molecule has 0 atom stereocenters. The van der Waals surface area contributed by atoms with E-state index in [0.29, 0.717) is 42.5 Å². The third-order valence-electron chi connectivity index (χ3n) is 4.27. The van der Waals surface area contributed by atoms with Crippen molar-refractivity contribution in [3.8, 4) is 5.75 Å². The van der Waals surface area contributed by atoms with E-state index in [1.807, 2.05) is 6.92 Å². The van der Waals surface area contributed by atoms with Crippen molar-refractivity contribution in [1.82, 2.24) is 0 Å². The number of para-hydroxylation sites is 2. The summed E-state index contributed by atoms with van der Waals surface area (Å²) in [5.74, 6) is 0.0935. The Kier molecular flexibility index (Phi) is 7.64. The van der Waals surface area contributed by atoms with E-state index in [1.165, 1.54) is 24.3 Å². The van der Waals surface area contributed by atoms with E-state index in [9.17, 15) is 13.2 Å². The quantitative estimate of drug-likeness (QED) is 0.462. The van der Waals surface area contributed by atoms with Gasteiger partial charge in [-0.15, -0.1) is 0 Å². The van der Waals surface area contributed by atoms with Crippen LogP contribution in [0.4, 0.5) is 11.4 Å². The van der Waals surface area contributed by atoms with Crippen molar-refractivity contribution in [2.24, 2.45) is 0 Å². The van der Waals surface area contributed by atoms with Gasteiger partial charge >= 0.3 is 0 Å². The zero-order valence-electron chi connectivity index (χ0n) is 17.1. The Bertz CT molecular complexity index is 1100. The predicted octanol–water partition coefficient (Wildman–Crippen LogP) is 4.16. The molecule has 0 aromatic heterocycles. The van der Waals surface area contributed by atoms with Gasteiger partial charge in [-0.25, -0.2) is 8.42 Å². The van der Waals surface area contributed by atoms with E-state index in [0.717, 1.165) is 0 Å². The highest BCUT2D eigenvalue weighted by Crippen LogP contribution is 2.21. The zero-order valence-corrected chi connectivity index (χ0v) is 17.9. The number of carbonyl (C=O) groups excluding carboxylic acids is 1. The van der Waals surface area contributed by atoms with E-state index in [1.54, 1.807) is 54.6 Å². The summed E-state index contributed by atoms with van der Waals surface area (Å²) in [5, 5.41) is 2.76. The normalized spacial score (nSPS) is 11.0. The van der Waals surface area contributed by atoms with Crippen molar-refractivity contribution >= 4 is 27.3 Å². The number of benzene rings is 3. The van der Waals surface area contributed by atoms with Crippen molar-refractivity contribution in [1.29, 1.82) is 0 Å². The van der Waals surface area contributed by atoms with Crippen LogP contribution in [0, 0.1) is 0 Å². The summed E-state index contributed by atoms with van der Waals surface area (Å²) in [6.45, 7) is 3.26. The summed E-state index contributed by atoms with van der Waals surface area (Å²) in [5.41, 5.74) is 1.31. The lowest BCUT2D eigenvalue weighted by Gasteiger charge is -2.12. The molecule has 1 amide bonds. The van der Waals surface area contributed by atoms with Gasteiger partial charge < -0.3 is 14.8 Å². The van der Waals surface area contributed by atoms with E-state index in [2.05, 4.69) is 10.0 Å². The summed E-state index contributed by atoms with van der Waals surface area (Å²) in [6.07, 6.45) is 0. The van der Waals surface area contributed by atoms with Gasteiger partial charge in [-0.1, -0.05) is 30.3 Å². The fourth-order valence-electron chi connectivity index (χ4n) is 2.77. The summed E-state index contributed by atoms with van der Waals surface area (Å²) >= 11 is 0. The van der Waals surface area contributed by atoms with E-state index >= 15 is 0 Å². The Balaban J connectivity index is 1.67. The van der Waals surface area contributed by atoms with Crippen molar-refractivity contribution in [2.45, 2.75) is 11.8 Å². The number of hydrogen-bond acceptors (Lipinski definition) is 5. The summed E-state index contributed by atoms with van der Waals surface area (Å²) in [6, 6.07) is 21.5. The zero-order chi connectivity index (χ0) is 22.1. The second-order valence-electron chi connectivity index (χ2n) is 6.49. The second-order valence-corrected chi connectivity index (χ2v) is 8.17. The lowest BCUT2D eigenvalue weighted by molar-refractivity contribution is 0.0998. The Morgan fingerprint density at radius 3 is 2.23 bits per heavy atom. The van der Waals surface area contributed by atoms with Crippen LogP contribution in [0.15, 0.2) is 83.8 Å². The van der Waals surface area contributed by atoms with Crippen molar-refractivity contribution < 1.29 is 22.7 Å². The van der Waals surface area contributed by atoms with E-state index in [4.69, 9.17) is 9.47 Å². The molecule has 0 fully saturated rings. The predicted molar refractivity (Wildman–Crippen MR) is 120 cm³/mol. The van der Waals surface area contributed by atoms with Gasteiger partial charge in [-0.3, -0.25) is 9.52 Å². The van der Waals surface area contributed by atoms with Crippen LogP contribution >= 0.6 is 0 Å². The summed E-state index contributed by atoms with van der Waals surface area (Å²) in [4.78, 5) is 12.8. The van der Waals surface area contributed by atoms with Crippen molar-refractivity contribution in [3.63, 3.8) is 0 Å². The summed E-state index contributed by atoms with van der Waals surface area (Å²) in [7, 11) is -3.73. The molecule has 0 bridgehead atoms. The molecule has 3 aromatic carbocycles. The van der Waals surface area contributed by atoms with Gasteiger partial charge in [0.2, 0.25) is 0 Å². The maximum Gasteiger partial charge on any atom is 0.261 e. The maximum atomic E-state index is 12.7. The average Bonchev–Trinajstić information content (AvgIpc) is 2.78. The van der Waals surface area contributed by atoms with Gasteiger partial charge in [0.15, 0.2) is 0 Å². The molecule has 0 aliphatic carbocycles. The van der Waals surface area contributed by atoms with Gasteiger partial charge in [0.05, 0.1) is 17.1 Å². The molecule has 0 heterocycles. The molecular formula is C23H24N2O5S. The first kappa shape index (κ1) is 22.3. The van der Waals surface area contributed by atoms with Crippen LogP contribution in [0.2, 0.25) is 0 Å². The SMILES string of the molecule is CCOCCOc1ccccc1C(=O)Nc1ccc(S(=O)(=O)Nc2ccccc2)cc1. The number of carbonyl (C=O) groups is 1. The number of amides is 1. The number of hydrogen-bond donors (Lipinski definition) is 2. The van der Waals surface area contributed by atoms with Gasteiger partial charge in [-0.05, 0) is 55.5 Å². The van der Waals surface area contributed by atoms with Crippen LogP contribution in [-0.2, 0) is 14.8 Å². The number of nitrogens with one attached hydrogen (secondary N) is 2. The second kappa shape index (κ2) is 10.6. The van der Waals surface area contributed by atoms with E-state index in [-0.39, 0.29) is 10.8 Å². The monoisotopic (exact) mass is 440 g/mol. The Labute approximate surface area is 182 Å². The number of sulfonamides is 1. The van der Waals surface area contributed by atoms with Crippen molar-refractivity contribution in [3.05, 3.63) is 84.4 Å². The van der Waals surface area contributed by atoms with Crippen LogP contribution in [0.25, 0.3) is 0 Å². The minimum Gasteiger partial charge on any atom is -0.490 e. The molecule has 0 aliphatic rings. The van der Waals surface area contributed by atoms with Gasteiger partial charge in [0.25, 0.3) is 15.9 Å². The highest BCUT2D eigenvalue weighted by molar-refractivity contribution is 7.92. The topological polar surface area (TPSA) is 93.7 Å². The number of ether oxygens (including phenoxy) is 2. The third-order valence-corrected chi connectivity index (χ3v) is 5.67. The smallest absolute Gasteiger partial charge is 0.261 e. The lowest BCUT2D eigenvalue weighted by atomic mass is 10.2. The fraction of sp³-hybridized carbons (Fsp3) is 0.174. The highest BCUT2D eigenvalue weighted by Gasteiger charge is 2.16. The minimum atomic E-state index is -3.73. The third kappa shape index (κ3) is 6.31. The molecule has 0 saturated carbocycles. The molecule has 3 aromatic rings. The molecule has 31 heavy (non-hydrogen) atoms. The first-order chi connectivity index (χ1) is 15.0. The molecule has 0 spiro atoms. The molecule has 0 radical (unpaired) electrons. The molecular weight excluding hydrogens is 416 g/mol. The Morgan fingerprint density at radius 1 is 0.839 bits per heavy atom. The molecule has 162 valence electrons. The maximum absolute atomic E-state index is 12.7. The standard InChI is InChI=1S/C23H24N2O5S/c1-2-29-16-17-30-22-11-7-6-10-21(22)23(26)24-18-12-14-20(15-13-18)31(27,28)25-19-8-4-3-5-9-19/h3-15,25H,2,16-17H2,1H3,(H,24,26). The number of rotatable bonds is 10. The molecule has 2 N–H and O–H groups in total. The molecule has 0 aliphatic heterocycles. The van der Waals surface area contributed by atoms with E-state index < -0.39 is 10.0 Å². The first-order valence-electron chi connectivity index (χ1n) is 9.78.